The van der Waals surface area contributed by atoms with Gasteiger partial charge in [-0.05, 0) is 42.8 Å². The van der Waals surface area contributed by atoms with E-state index >= 15 is 0 Å². The summed E-state index contributed by atoms with van der Waals surface area (Å²) in [6.07, 6.45) is 1.37. The molecule has 0 aliphatic carbocycles. The number of aromatic nitrogens is 2. The fraction of sp³-hybridized carbons (Fsp3) is 0.357. The molecular weight excluding hydrogens is 685 g/mol. The Bertz CT molecular complexity index is 1670. The van der Waals surface area contributed by atoms with E-state index in [4.69, 9.17) is 23.2 Å². The van der Waals surface area contributed by atoms with E-state index in [2.05, 4.69) is 25.7 Å². The largest absolute Gasteiger partial charge is 0.469 e. The maximum atomic E-state index is 14.2. The zero-order valence-electron chi connectivity index (χ0n) is 23.3. The molecule has 0 spiro atoms. The molecule has 0 radical (unpaired) electrons. The van der Waals surface area contributed by atoms with Gasteiger partial charge in [0.15, 0.2) is 5.03 Å². The summed E-state index contributed by atoms with van der Waals surface area (Å²) in [5.41, 5.74) is -0.202. The number of ether oxygens (including phenoxy) is 1. The lowest BCUT2D eigenvalue weighted by Gasteiger charge is -2.34. The van der Waals surface area contributed by atoms with Crippen LogP contribution < -0.4 is 4.90 Å². The third-order valence-electron chi connectivity index (χ3n) is 7.60. The first-order valence-electron chi connectivity index (χ1n) is 13.3. The van der Waals surface area contributed by atoms with Crippen molar-refractivity contribution in [3.05, 3.63) is 68.7 Å². The average Bonchev–Trinajstić information content (AvgIpc) is 3.50. The van der Waals surface area contributed by atoms with Gasteiger partial charge in [-0.2, -0.15) is 4.31 Å². The molecule has 11 nitrogen and oxygen atoms in total. The number of methoxy groups -OCH3 is 1. The molecule has 0 unspecified atom stereocenters. The van der Waals surface area contributed by atoms with Crippen LogP contribution in [-0.4, -0.2) is 78.2 Å². The number of nitrogens with zero attached hydrogens (tertiary/aromatic N) is 5. The van der Waals surface area contributed by atoms with Gasteiger partial charge in [0.1, 0.15) is 5.54 Å². The van der Waals surface area contributed by atoms with Gasteiger partial charge >= 0.3 is 5.97 Å². The second kappa shape index (κ2) is 12.2. The van der Waals surface area contributed by atoms with Crippen LogP contribution >= 0.6 is 39.1 Å². The number of benzene rings is 2. The maximum Gasteiger partial charge on any atom is 0.306 e. The minimum Gasteiger partial charge on any atom is -0.469 e. The Labute approximate surface area is 267 Å². The lowest BCUT2D eigenvalue weighted by molar-refractivity contribution is -0.143. The summed E-state index contributed by atoms with van der Waals surface area (Å²) in [4.78, 5) is 45.5. The fourth-order valence-electron chi connectivity index (χ4n) is 5.39. The van der Waals surface area contributed by atoms with Crippen LogP contribution in [0.15, 0.2) is 58.2 Å². The van der Waals surface area contributed by atoms with Gasteiger partial charge in [0.2, 0.25) is 11.9 Å². The lowest BCUT2D eigenvalue weighted by atomic mass is 9.92. The van der Waals surface area contributed by atoms with Crippen molar-refractivity contribution in [2.45, 2.75) is 36.8 Å². The number of imidazole rings is 1. The number of hydrogen-bond donors (Lipinski definition) is 0. The van der Waals surface area contributed by atoms with Crippen molar-refractivity contribution in [3.63, 3.8) is 0 Å². The second-order valence-corrected chi connectivity index (χ2v) is 14.1. The van der Waals surface area contributed by atoms with Gasteiger partial charge in [-0.25, -0.2) is 18.3 Å². The van der Waals surface area contributed by atoms with Crippen LogP contribution in [0.3, 0.4) is 0 Å². The topological polar surface area (TPSA) is 122 Å². The molecule has 0 bridgehead atoms. The lowest BCUT2D eigenvalue weighted by Crippen LogP contribution is -2.51. The predicted octanol–water partition coefficient (Wildman–Crippen LogP) is 4.37. The number of carbonyl (C=O) groups excluding carboxylic acids is 3. The van der Waals surface area contributed by atoms with E-state index in [1.807, 2.05) is 24.3 Å². The Kier molecular flexibility index (Phi) is 8.92. The van der Waals surface area contributed by atoms with Gasteiger partial charge in [0.25, 0.3) is 15.9 Å². The molecule has 2 amide bonds. The second-order valence-electron chi connectivity index (χ2n) is 10.4. The third-order valence-corrected chi connectivity index (χ3v) is 10.4. The summed E-state index contributed by atoms with van der Waals surface area (Å²) in [6.45, 7) is 2.08. The minimum absolute atomic E-state index is 0.0184. The molecule has 1 aromatic heterocycles. The Balaban J connectivity index is 1.49. The van der Waals surface area contributed by atoms with Crippen LogP contribution in [0.2, 0.25) is 10.0 Å². The molecule has 2 aliphatic rings. The number of anilines is 2. The normalized spacial score (nSPS) is 19.0. The van der Waals surface area contributed by atoms with Crippen LogP contribution in [0, 0.1) is 0 Å². The van der Waals surface area contributed by atoms with Gasteiger partial charge in [-0.3, -0.25) is 19.0 Å². The first-order chi connectivity index (χ1) is 20.3. The molecule has 1 saturated heterocycles. The van der Waals surface area contributed by atoms with Crippen molar-refractivity contribution < 1.29 is 27.5 Å². The van der Waals surface area contributed by atoms with Gasteiger partial charge < -0.3 is 9.64 Å². The Morgan fingerprint density at radius 1 is 1.02 bits per heavy atom. The number of fused-ring (bicyclic) bond motifs is 1. The molecule has 1 fully saturated rings. The highest BCUT2D eigenvalue weighted by Crippen LogP contribution is 2.45. The summed E-state index contributed by atoms with van der Waals surface area (Å²) in [5, 5.41) is 0.472. The molecule has 228 valence electrons. The van der Waals surface area contributed by atoms with Crippen molar-refractivity contribution in [3.8, 4) is 0 Å². The van der Waals surface area contributed by atoms with Crippen molar-refractivity contribution in [2.75, 3.05) is 38.2 Å². The first-order valence-corrected chi connectivity index (χ1v) is 16.3. The highest BCUT2D eigenvalue weighted by atomic mass is 79.9. The Hall–Kier alpha value is -2.97. The molecular formula is C28H28BrCl2N5O6S. The SMILES string of the molecule is COC(=O)CCC(=O)N1CCN(S(=O)(=O)c2cnc3n2[C@](C)(Cc2ccc(Br)cc2)C(=O)N3c2cc(Cl)cc(Cl)c2)CC1. The molecule has 2 aliphatic heterocycles. The van der Waals surface area contributed by atoms with Crippen molar-refractivity contribution in [1.82, 2.24) is 18.8 Å². The molecule has 43 heavy (non-hydrogen) atoms. The number of sulfonamides is 1. The molecule has 3 heterocycles. The van der Waals surface area contributed by atoms with Crippen molar-refractivity contribution >= 4 is 78.6 Å². The molecule has 0 N–H and O–H groups in total. The third kappa shape index (κ3) is 6.05. The highest BCUT2D eigenvalue weighted by Gasteiger charge is 2.52. The van der Waals surface area contributed by atoms with E-state index in [0.29, 0.717) is 15.7 Å². The molecule has 0 saturated carbocycles. The van der Waals surface area contributed by atoms with Gasteiger partial charge in [-0.1, -0.05) is 51.3 Å². The monoisotopic (exact) mass is 711 g/mol. The van der Waals surface area contributed by atoms with E-state index in [-0.39, 0.29) is 62.3 Å². The summed E-state index contributed by atoms with van der Waals surface area (Å²) in [5.74, 6) is -1.01. The number of esters is 1. The van der Waals surface area contributed by atoms with Gasteiger partial charge in [0, 0.05) is 53.5 Å². The summed E-state index contributed by atoms with van der Waals surface area (Å²) in [7, 11) is -2.90. The van der Waals surface area contributed by atoms with E-state index in [0.717, 1.165) is 10.0 Å². The average molecular weight is 713 g/mol. The van der Waals surface area contributed by atoms with E-state index in [1.54, 1.807) is 19.1 Å². The minimum atomic E-state index is -4.15. The van der Waals surface area contributed by atoms with Crippen molar-refractivity contribution in [2.24, 2.45) is 0 Å². The van der Waals surface area contributed by atoms with E-state index in [1.165, 1.54) is 38.0 Å². The molecule has 5 rings (SSSR count). The van der Waals surface area contributed by atoms with Gasteiger partial charge in [0.05, 0.1) is 25.4 Å². The zero-order valence-corrected chi connectivity index (χ0v) is 27.2. The van der Waals surface area contributed by atoms with Crippen LogP contribution in [0.5, 0.6) is 0 Å². The number of piperazine rings is 1. The summed E-state index contributed by atoms with van der Waals surface area (Å²) < 4.78 is 36.4. The number of hydrogen-bond acceptors (Lipinski definition) is 7. The number of halogens is 3. The Morgan fingerprint density at radius 2 is 1.65 bits per heavy atom. The maximum absolute atomic E-state index is 14.2. The van der Waals surface area contributed by atoms with Crippen LogP contribution in [0.4, 0.5) is 11.6 Å². The number of carbonyl (C=O) groups is 3. The number of amides is 2. The predicted molar refractivity (Wildman–Crippen MR) is 164 cm³/mol. The molecule has 15 heteroatoms. The highest BCUT2D eigenvalue weighted by molar-refractivity contribution is 9.10. The molecule has 2 aromatic carbocycles. The fourth-order valence-corrected chi connectivity index (χ4v) is 7.78. The zero-order chi connectivity index (χ0) is 31.1. The van der Waals surface area contributed by atoms with E-state index < -0.39 is 27.4 Å². The van der Waals surface area contributed by atoms with Crippen LogP contribution in [0.1, 0.15) is 25.3 Å². The van der Waals surface area contributed by atoms with Crippen LogP contribution in [0.25, 0.3) is 0 Å². The summed E-state index contributed by atoms with van der Waals surface area (Å²) in [6, 6.07) is 12.1. The summed E-state index contributed by atoms with van der Waals surface area (Å²) >= 11 is 16.0. The standard InChI is InChI=1S/C28H28BrCl2N5O6S/c1-28(16-18-3-5-19(29)6-4-18)26(39)35(22-14-20(30)13-21(31)15-22)27-32-17-24(36(27)28)43(40,41)34-11-9-33(10-12-34)23(37)7-8-25(38)42-2/h3-6,13-15,17H,7-12,16H2,1-2H3/t28-/m1/s1. The van der Waals surface area contributed by atoms with Crippen molar-refractivity contribution in [1.29, 1.82) is 0 Å². The van der Waals surface area contributed by atoms with Crippen LogP contribution in [-0.2, 0) is 41.1 Å². The Morgan fingerprint density at radius 3 is 2.26 bits per heavy atom. The van der Waals surface area contributed by atoms with E-state index in [9.17, 15) is 22.8 Å². The molecule has 3 aromatic rings. The smallest absolute Gasteiger partial charge is 0.306 e. The number of rotatable bonds is 8. The van der Waals surface area contributed by atoms with Gasteiger partial charge in [-0.15, -0.1) is 0 Å². The quantitative estimate of drug-likeness (QED) is 0.318. The first kappa shape index (κ1) is 31.5. The molecule has 1 atom stereocenters.